The van der Waals surface area contributed by atoms with Crippen LogP contribution in [0.1, 0.15) is 19.8 Å². The molecule has 0 radical (unpaired) electrons. The van der Waals surface area contributed by atoms with Crippen molar-refractivity contribution in [1.29, 1.82) is 0 Å². The fourth-order valence-corrected chi connectivity index (χ4v) is 40.0. The average molecular weight is 642 g/mol. The zero-order chi connectivity index (χ0) is 29.4. The van der Waals surface area contributed by atoms with Crippen LogP contribution in [0.2, 0.25) is 5.39 Å². The Labute approximate surface area is 262 Å². The van der Waals surface area contributed by atoms with Gasteiger partial charge in [0.1, 0.15) is 0 Å². The summed E-state index contributed by atoms with van der Waals surface area (Å²) in [5.74, 6) is 0. The molecule has 0 aromatic heterocycles. The molecule has 0 saturated carbocycles. The van der Waals surface area contributed by atoms with Gasteiger partial charge < -0.3 is 0 Å². The molecule has 3 heteroatoms. The monoisotopic (exact) mass is 641 g/mol. The molecule has 6 aromatic rings. The molecule has 6 rings (SSSR count). The van der Waals surface area contributed by atoms with E-state index < -0.39 is 12.1 Å². The van der Waals surface area contributed by atoms with E-state index in [-0.39, 0.29) is 12.5 Å². The van der Waals surface area contributed by atoms with Crippen LogP contribution in [-0.2, 0) is 12.5 Å². The standard InChI is InChI=1S/2C18H15P.C4H9.Ni/c2*1-4-10-16(11-5-1)19(17-12-6-2-7-13-17)18-14-8-3-9-15-18;1-3-4-2;/h2*1-15H;1,3-4H2,2H3;/q;;;-2/p+2. The Balaban J connectivity index is 1.85. The van der Waals surface area contributed by atoms with E-state index in [1.165, 1.54) is 50.1 Å². The van der Waals surface area contributed by atoms with Gasteiger partial charge in [-0.05, 0) is 0 Å². The zero-order valence-corrected chi connectivity index (χ0v) is 27.7. The van der Waals surface area contributed by atoms with Crippen LogP contribution in [0.3, 0.4) is 0 Å². The molecule has 0 amide bonds. The molecule has 0 fully saturated rings. The van der Waals surface area contributed by atoms with Crippen LogP contribution >= 0.6 is 12.1 Å². The third-order valence-corrected chi connectivity index (χ3v) is 34.3. The van der Waals surface area contributed by atoms with Crippen molar-refractivity contribution in [1.82, 2.24) is 0 Å². The van der Waals surface area contributed by atoms with Crippen LogP contribution in [-0.4, -0.2) is 0 Å². The Morgan fingerprint density at radius 1 is 0.349 bits per heavy atom. The topological polar surface area (TPSA) is 0 Å². The quantitative estimate of drug-likeness (QED) is 0.0990. The summed E-state index contributed by atoms with van der Waals surface area (Å²) < 4.78 is 0. The van der Waals surface area contributed by atoms with Crippen LogP contribution in [0.5, 0.6) is 0 Å². The number of unbranched alkanes of at least 4 members (excludes halogenated alkanes) is 1. The van der Waals surface area contributed by atoms with Crippen molar-refractivity contribution in [3.63, 3.8) is 0 Å². The van der Waals surface area contributed by atoms with Crippen molar-refractivity contribution in [2.75, 3.05) is 0 Å². The molecule has 221 valence electrons. The molecule has 6 aromatic carbocycles. The Morgan fingerprint density at radius 2 is 0.558 bits per heavy atom. The molecular weight excluding hydrogens is 601 g/mol. The van der Waals surface area contributed by atoms with Gasteiger partial charge >= 0.3 is 264 Å². The fourth-order valence-electron chi connectivity index (χ4n) is 6.24. The first-order chi connectivity index (χ1) is 21.3. The van der Waals surface area contributed by atoms with E-state index >= 15 is 0 Å². The summed E-state index contributed by atoms with van der Waals surface area (Å²) in [6.07, 6.45) is 2.39. The summed E-state index contributed by atoms with van der Waals surface area (Å²) in [6.45, 7) is 2.36. The molecule has 0 aliphatic carbocycles. The maximum atomic E-state index is 2.45. The Morgan fingerprint density at radius 3 is 0.744 bits per heavy atom. The molecule has 0 bridgehead atoms. The van der Waals surface area contributed by atoms with Crippen LogP contribution in [0, 0.1) is 0 Å². The third-order valence-electron chi connectivity index (χ3n) is 8.12. The van der Waals surface area contributed by atoms with Gasteiger partial charge in [0.2, 0.25) is 0 Å². The summed E-state index contributed by atoms with van der Waals surface area (Å²) in [6, 6.07) is 64.3. The molecule has 43 heavy (non-hydrogen) atoms. The zero-order valence-electron chi connectivity index (χ0n) is 24.8. The van der Waals surface area contributed by atoms with Gasteiger partial charge in [0.25, 0.3) is 0 Å². The van der Waals surface area contributed by atoms with E-state index in [4.69, 9.17) is 0 Å². The second-order valence-corrected chi connectivity index (χ2v) is 27.0. The second-order valence-electron chi connectivity index (χ2n) is 10.7. The molecule has 0 nitrogen and oxygen atoms in total. The van der Waals surface area contributed by atoms with Crippen molar-refractivity contribution < 1.29 is 12.5 Å². The summed E-state index contributed by atoms with van der Waals surface area (Å²) in [7, 11) is 0. The first-order valence-corrected chi connectivity index (χ1v) is 22.5. The summed E-state index contributed by atoms with van der Waals surface area (Å²) in [5.41, 5.74) is 0. The minimum absolute atomic E-state index is 0.269. The second kappa shape index (κ2) is 14.0. The molecule has 0 unspecified atom stereocenters. The van der Waals surface area contributed by atoms with E-state index in [1.807, 2.05) is 0 Å². The van der Waals surface area contributed by atoms with Crippen molar-refractivity contribution in [2.24, 2.45) is 0 Å². The molecule has 0 aliphatic heterocycles. The van der Waals surface area contributed by atoms with Gasteiger partial charge in [0, 0.05) is 0 Å². The predicted octanol–water partition coefficient (Wildman–Crippen LogP) is 8.11. The maximum absolute atomic E-state index is 2.67. The van der Waals surface area contributed by atoms with Gasteiger partial charge in [-0.3, -0.25) is 0 Å². The first kappa shape index (κ1) is 29.7. The number of benzene rings is 6. The SMILES string of the molecule is CCC[CH2][Ni]([PH](c1ccccc1)(c1ccccc1)c1ccccc1)[PH](c1ccccc1)(c1ccccc1)c1ccccc1. The van der Waals surface area contributed by atoms with E-state index in [2.05, 4.69) is 189 Å². The molecule has 0 heterocycles. The van der Waals surface area contributed by atoms with Gasteiger partial charge in [0.05, 0.1) is 0 Å². The van der Waals surface area contributed by atoms with E-state index in [1.54, 1.807) is 0 Å². The fraction of sp³-hybridized carbons (Fsp3) is 0.100. The van der Waals surface area contributed by atoms with Gasteiger partial charge in [0.15, 0.2) is 0 Å². The van der Waals surface area contributed by atoms with E-state index in [9.17, 15) is 0 Å². The Bertz CT molecular complexity index is 1360. The van der Waals surface area contributed by atoms with Crippen molar-refractivity contribution in [2.45, 2.75) is 25.2 Å². The molecule has 0 saturated heterocycles. The van der Waals surface area contributed by atoms with Crippen molar-refractivity contribution in [3.05, 3.63) is 182 Å². The summed E-state index contributed by atoms with van der Waals surface area (Å²) in [5, 5.41) is 10.3. The number of hydrogen-bond donors (Lipinski definition) is 0. The normalized spacial score (nSPS) is 12.8. The number of hydrogen-bond acceptors (Lipinski definition) is 0. The van der Waals surface area contributed by atoms with Crippen LogP contribution < -0.4 is 31.8 Å². The minimum atomic E-state index is -2.67. The first-order valence-electron chi connectivity index (χ1n) is 15.2. The molecule has 0 atom stereocenters. The summed E-state index contributed by atoms with van der Waals surface area (Å²) in [4.78, 5) is 0. The van der Waals surface area contributed by atoms with Gasteiger partial charge in [-0.15, -0.1) is 0 Å². The predicted molar refractivity (Wildman–Crippen MR) is 193 cm³/mol. The van der Waals surface area contributed by atoms with Crippen LogP contribution in [0.25, 0.3) is 0 Å². The van der Waals surface area contributed by atoms with Crippen LogP contribution in [0.4, 0.5) is 0 Å². The average Bonchev–Trinajstić information content (AvgIpc) is 3.10. The Hall–Kier alpha value is -3.33. The van der Waals surface area contributed by atoms with Crippen molar-refractivity contribution in [3.8, 4) is 0 Å². The van der Waals surface area contributed by atoms with Gasteiger partial charge in [-0.2, -0.15) is 0 Å². The van der Waals surface area contributed by atoms with Crippen molar-refractivity contribution >= 4 is 43.9 Å². The molecule has 0 spiro atoms. The Kier molecular flexibility index (Phi) is 9.66. The van der Waals surface area contributed by atoms with E-state index in [0.717, 1.165) is 0 Å². The number of rotatable bonds is 11. The van der Waals surface area contributed by atoms with Gasteiger partial charge in [-0.1, -0.05) is 0 Å². The molecule has 0 aliphatic rings. The van der Waals surface area contributed by atoms with Gasteiger partial charge in [-0.25, -0.2) is 0 Å². The molecular formula is C40H41NiP2. The summed E-state index contributed by atoms with van der Waals surface area (Å²) >= 11 is -0.269. The van der Waals surface area contributed by atoms with E-state index in [0.29, 0.717) is 0 Å². The third kappa shape index (κ3) is 5.57. The molecule has 0 N–H and O–H groups in total. The van der Waals surface area contributed by atoms with Crippen LogP contribution in [0.15, 0.2) is 182 Å².